The Morgan fingerprint density at radius 3 is 2.69 bits per heavy atom. The predicted octanol–water partition coefficient (Wildman–Crippen LogP) is 5.32. The van der Waals surface area contributed by atoms with E-state index in [2.05, 4.69) is 25.5 Å². The number of aromatic hydroxyl groups is 1. The number of ether oxygens (including phenoxy) is 2. The van der Waals surface area contributed by atoms with Gasteiger partial charge < -0.3 is 30.1 Å². The maximum absolute atomic E-state index is 14.4. The minimum atomic E-state index is -0.645. The summed E-state index contributed by atoms with van der Waals surface area (Å²) in [6.07, 6.45) is 10.6. The van der Waals surface area contributed by atoms with Gasteiger partial charge in [0.1, 0.15) is 34.8 Å². The first-order chi connectivity index (χ1) is 24.8. The van der Waals surface area contributed by atoms with E-state index in [0.717, 1.165) is 66.6 Å². The first-order valence-corrected chi connectivity index (χ1v) is 17.7. The number of amidine groups is 1. The Hall–Kier alpha value is -5.07. The van der Waals surface area contributed by atoms with Gasteiger partial charge in [0.05, 0.1) is 19.3 Å². The number of aromatic nitrogens is 1. The predicted molar refractivity (Wildman–Crippen MR) is 191 cm³/mol. The lowest BCUT2D eigenvalue weighted by atomic mass is 9.90. The molecule has 4 aliphatic rings. The van der Waals surface area contributed by atoms with Crippen LogP contribution in [0.25, 0.3) is 11.1 Å². The summed E-state index contributed by atoms with van der Waals surface area (Å²) in [7, 11) is 0. The second-order valence-corrected chi connectivity index (χ2v) is 13.5. The summed E-state index contributed by atoms with van der Waals surface area (Å²) in [5.41, 5.74) is 3.84. The van der Waals surface area contributed by atoms with Crippen LogP contribution in [0.15, 0.2) is 83.6 Å². The number of carbonyl (C=O) groups is 2. The number of amides is 2. The number of nitrogens with zero attached hydrogens (tertiary/aromatic N) is 4. The second kappa shape index (κ2) is 15.4. The van der Waals surface area contributed by atoms with Gasteiger partial charge in [-0.05, 0) is 98.2 Å². The molecule has 7 rings (SSSR count). The Morgan fingerprint density at radius 2 is 1.86 bits per heavy atom. The summed E-state index contributed by atoms with van der Waals surface area (Å²) in [4.78, 5) is 39.6. The number of hydrogen-bond acceptors (Lipinski definition) is 9. The SMILES string of the molecule is CC1=CC=CC2=NC(C(=O)NC3CCC(NC(=O)c4cc(F)cnc4Oc4cccc(-c5ccc(O)cc5CN5CCCOCC5)c4)CC3)CN12. The van der Waals surface area contributed by atoms with E-state index in [1.54, 1.807) is 18.2 Å². The third kappa shape index (κ3) is 8.29. The smallest absolute Gasteiger partial charge is 0.257 e. The Labute approximate surface area is 296 Å². The average Bonchev–Trinajstić information content (AvgIpc) is 3.42. The van der Waals surface area contributed by atoms with Crippen LogP contribution in [0.5, 0.6) is 17.4 Å². The normalized spacial score (nSPS) is 22.0. The zero-order chi connectivity index (χ0) is 35.3. The number of fused-ring (bicyclic) bond motifs is 1. The highest BCUT2D eigenvalue weighted by Crippen LogP contribution is 2.33. The quantitative estimate of drug-likeness (QED) is 0.275. The van der Waals surface area contributed by atoms with Crippen LogP contribution in [-0.2, 0) is 16.1 Å². The maximum Gasteiger partial charge on any atom is 0.257 e. The van der Waals surface area contributed by atoms with Gasteiger partial charge in [-0.2, -0.15) is 0 Å². The van der Waals surface area contributed by atoms with Crippen LogP contribution in [0.3, 0.4) is 0 Å². The van der Waals surface area contributed by atoms with Crippen molar-refractivity contribution in [2.45, 2.75) is 63.7 Å². The van der Waals surface area contributed by atoms with Crippen LogP contribution in [0.4, 0.5) is 4.39 Å². The molecule has 2 aromatic carbocycles. The zero-order valence-corrected chi connectivity index (χ0v) is 28.7. The number of rotatable bonds is 9. The molecule has 11 nitrogen and oxygen atoms in total. The molecule has 3 aliphatic heterocycles. The minimum absolute atomic E-state index is 0.000242. The van der Waals surface area contributed by atoms with Crippen molar-refractivity contribution >= 4 is 17.6 Å². The molecule has 266 valence electrons. The van der Waals surface area contributed by atoms with Crippen molar-refractivity contribution in [2.75, 3.05) is 32.8 Å². The highest BCUT2D eigenvalue weighted by atomic mass is 19.1. The van der Waals surface area contributed by atoms with Crippen molar-refractivity contribution in [3.63, 3.8) is 0 Å². The third-order valence-corrected chi connectivity index (χ3v) is 9.86. The van der Waals surface area contributed by atoms with Gasteiger partial charge in [0, 0.05) is 44.0 Å². The number of phenols is 1. The summed E-state index contributed by atoms with van der Waals surface area (Å²) >= 11 is 0. The number of aliphatic imine (C=N–C) groups is 1. The number of nitrogens with one attached hydrogen (secondary N) is 2. The van der Waals surface area contributed by atoms with Crippen molar-refractivity contribution in [2.24, 2.45) is 4.99 Å². The van der Waals surface area contributed by atoms with E-state index in [9.17, 15) is 19.1 Å². The topological polar surface area (TPSA) is 129 Å². The summed E-state index contributed by atoms with van der Waals surface area (Å²) in [5.74, 6) is 0.229. The van der Waals surface area contributed by atoms with Gasteiger partial charge in [-0.25, -0.2) is 9.37 Å². The zero-order valence-electron chi connectivity index (χ0n) is 28.7. The average molecular weight is 695 g/mol. The van der Waals surface area contributed by atoms with E-state index in [4.69, 9.17) is 9.47 Å². The summed E-state index contributed by atoms with van der Waals surface area (Å²) in [6, 6.07) is 13.3. The number of phenolic OH excluding ortho intramolecular Hbond substituents is 1. The molecule has 1 aliphatic carbocycles. The van der Waals surface area contributed by atoms with Gasteiger partial charge in [0.2, 0.25) is 11.8 Å². The van der Waals surface area contributed by atoms with Gasteiger partial charge in [-0.15, -0.1) is 0 Å². The van der Waals surface area contributed by atoms with Gasteiger partial charge in [-0.3, -0.25) is 19.5 Å². The molecule has 4 heterocycles. The summed E-state index contributed by atoms with van der Waals surface area (Å²) in [5, 5.41) is 16.5. The lowest BCUT2D eigenvalue weighted by Crippen LogP contribution is -2.47. The molecule has 3 aromatic rings. The van der Waals surface area contributed by atoms with E-state index < -0.39 is 17.8 Å². The van der Waals surface area contributed by atoms with Gasteiger partial charge in [0.15, 0.2) is 0 Å². The van der Waals surface area contributed by atoms with Gasteiger partial charge >= 0.3 is 0 Å². The van der Waals surface area contributed by atoms with E-state index in [-0.39, 0.29) is 35.2 Å². The van der Waals surface area contributed by atoms with Crippen LogP contribution in [0, 0.1) is 5.82 Å². The molecule has 3 N–H and O–H groups in total. The molecule has 1 saturated carbocycles. The number of benzene rings is 2. The fourth-order valence-corrected chi connectivity index (χ4v) is 7.14. The molecule has 1 unspecified atom stereocenters. The molecule has 0 radical (unpaired) electrons. The molecule has 2 amide bonds. The Balaban J connectivity index is 0.977. The van der Waals surface area contributed by atoms with Crippen LogP contribution in [0.2, 0.25) is 0 Å². The largest absolute Gasteiger partial charge is 0.508 e. The van der Waals surface area contributed by atoms with E-state index in [1.165, 1.54) is 0 Å². The molecule has 1 aromatic heterocycles. The van der Waals surface area contributed by atoms with Crippen LogP contribution in [0.1, 0.15) is 54.9 Å². The van der Waals surface area contributed by atoms with E-state index in [1.807, 2.05) is 54.3 Å². The van der Waals surface area contributed by atoms with Gasteiger partial charge in [0.25, 0.3) is 5.91 Å². The van der Waals surface area contributed by atoms with Crippen molar-refractivity contribution in [3.05, 3.63) is 95.6 Å². The fourth-order valence-electron chi connectivity index (χ4n) is 7.14. The summed E-state index contributed by atoms with van der Waals surface area (Å²) < 4.78 is 26.2. The first kappa shape index (κ1) is 34.4. The first-order valence-electron chi connectivity index (χ1n) is 17.7. The third-order valence-electron chi connectivity index (χ3n) is 9.86. The molecule has 1 atom stereocenters. The van der Waals surface area contributed by atoms with E-state index >= 15 is 0 Å². The lowest BCUT2D eigenvalue weighted by molar-refractivity contribution is -0.123. The maximum atomic E-state index is 14.4. The van der Waals surface area contributed by atoms with Crippen molar-refractivity contribution in [1.82, 2.24) is 25.4 Å². The Bertz CT molecular complexity index is 1860. The molecule has 51 heavy (non-hydrogen) atoms. The molecular formula is C39H43FN6O5. The number of carbonyl (C=O) groups excluding carboxylic acids is 2. The highest BCUT2D eigenvalue weighted by Gasteiger charge is 2.33. The monoisotopic (exact) mass is 694 g/mol. The van der Waals surface area contributed by atoms with Crippen molar-refractivity contribution in [1.29, 1.82) is 0 Å². The van der Waals surface area contributed by atoms with Crippen molar-refractivity contribution < 1.29 is 28.6 Å². The molecule has 0 bridgehead atoms. The fraction of sp³-hybridized carbons (Fsp3) is 0.385. The van der Waals surface area contributed by atoms with Crippen LogP contribution < -0.4 is 15.4 Å². The molecular weight excluding hydrogens is 651 g/mol. The highest BCUT2D eigenvalue weighted by molar-refractivity contribution is 6.00. The molecule has 12 heteroatoms. The number of allylic oxidation sites excluding steroid dienone is 3. The lowest BCUT2D eigenvalue weighted by Gasteiger charge is -2.30. The Morgan fingerprint density at radius 1 is 1.04 bits per heavy atom. The number of pyridine rings is 1. The second-order valence-electron chi connectivity index (χ2n) is 13.5. The molecule has 1 saturated heterocycles. The van der Waals surface area contributed by atoms with Crippen molar-refractivity contribution in [3.8, 4) is 28.5 Å². The Kier molecular flexibility index (Phi) is 10.4. The van der Waals surface area contributed by atoms with E-state index in [0.29, 0.717) is 51.1 Å². The van der Waals surface area contributed by atoms with Gasteiger partial charge in [-0.1, -0.05) is 24.3 Å². The number of hydrogen-bond donors (Lipinski definition) is 3. The van der Waals surface area contributed by atoms with Crippen LogP contribution in [-0.4, -0.2) is 88.5 Å². The molecule has 0 spiro atoms. The van der Waals surface area contributed by atoms with Crippen LogP contribution >= 0.6 is 0 Å². The summed E-state index contributed by atoms with van der Waals surface area (Å²) in [6.45, 7) is 6.32. The standard InChI is InChI=1S/C39H43FN6O5/c1-25-5-2-8-36-44-35(24-46(25)36)38(49)43-30-11-9-29(10-12-30)42-37(48)34-21-28(40)22-41-39(34)51-32-7-3-6-26(20-32)33-14-13-31(47)19-27(33)23-45-15-4-17-50-18-16-45/h2-3,5-8,13-14,19-22,29-30,35,47H,4,9-12,15-18,23-24H2,1H3,(H,42,48)(H,43,49). The molecule has 2 fully saturated rings. The number of halogens is 1. The minimum Gasteiger partial charge on any atom is -0.508 e.